The Balaban J connectivity index is 1.60. The molecule has 8 heteroatoms. The highest BCUT2D eigenvalue weighted by atomic mass is 19.1. The van der Waals surface area contributed by atoms with Crippen molar-refractivity contribution in [1.29, 1.82) is 0 Å². The van der Waals surface area contributed by atoms with E-state index in [0.717, 1.165) is 10.9 Å². The van der Waals surface area contributed by atoms with Gasteiger partial charge in [-0.15, -0.1) is 0 Å². The number of amides is 1. The summed E-state index contributed by atoms with van der Waals surface area (Å²) in [6.07, 6.45) is 1.73. The monoisotopic (exact) mass is 470 g/mol. The number of fused-ring (bicyclic) bond motifs is 2. The second-order valence-electron chi connectivity index (χ2n) is 8.46. The summed E-state index contributed by atoms with van der Waals surface area (Å²) in [5.74, 6) is -1.44. The van der Waals surface area contributed by atoms with Crippen molar-refractivity contribution in [2.24, 2.45) is 0 Å². The zero-order valence-corrected chi connectivity index (χ0v) is 18.5. The van der Waals surface area contributed by atoms with E-state index in [9.17, 15) is 19.1 Å². The molecule has 1 unspecified atom stereocenters. The number of anilines is 1. The van der Waals surface area contributed by atoms with E-state index in [4.69, 9.17) is 9.47 Å². The Hall–Kier alpha value is -4.59. The second kappa shape index (κ2) is 7.73. The van der Waals surface area contributed by atoms with Crippen LogP contribution in [0.5, 0.6) is 11.5 Å². The molecule has 2 aliphatic heterocycles. The molecule has 1 fully saturated rings. The molecule has 7 nitrogen and oxygen atoms in total. The maximum Gasteiger partial charge on any atom is 0.300 e. The number of nitrogens with zero attached hydrogens (tertiary/aromatic N) is 1. The molecule has 1 amide bonds. The molecule has 2 N–H and O–H groups in total. The van der Waals surface area contributed by atoms with Crippen molar-refractivity contribution in [2.45, 2.75) is 13.0 Å². The molecule has 3 heterocycles. The average Bonchev–Trinajstić information content (AvgIpc) is 3.56. The molecular formula is C27H19FN2O5. The molecule has 2 aliphatic rings. The van der Waals surface area contributed by atoms with Crippen LogP contribution in [0.2, 0.25) is 0 Å². The smallest absolute Gasteiger partial charge is 0.300 e. The number of para-hydroxylation sites is 1. The molecule has 4 aromatic rings. The third kappa shape index (κ3) is 3.18. The fraction of sp³-hybridized carbons (Fsp3) is 0.111. The molecule has 1 aromatic heterocycles. The molecule has 0 saturated carbocycles. The number of carbonyl (C=O) groups excluding carboxylic acids is 2. The standard InChI is InChI=1S/C27H19FN2O5/c1-14-10-15(6-8-19(14)28)25(31)23-24(18-12-29-20-5-3-2-4-17(18)20)30(27(33)26(23)32)16-7-9-21-22(11-16)35-13-34-21/h2-12,24,29,31H,13H2,1H3/b25-23+. The lowest BCUT2D eigenvalue weighted by Crippen LogP contribution is -2.29. The maximum atomic E-state index is 13.9. The van der Waals surface area contributed by atoms with Crippen molar-refractivity contribution in [3.05, 3.63) is 94.9 Å². The van der Waals surface area contributed by atoms with Gasteiger partial charge in [-0.3, -0.25) is 14.5 Å². The third-order valence-electron chi connectivity index (χ3n) is 6.43. The van der Waals surface area contributed by atoms with Crippen LogP contribution in [-0.4, -0.2) is 28.6 Å². The van der Waals surface area contributed by atoms with Crippen LogP contribution < -0.4 is 14.4 Å². The number of aliphatic hydroxyl groups excluding tert-OH is 1. The van der Waals surface area contributed by atoms with Gasteiger partial charge in [-0.25, -0.2) is 4.39 Å². The number of H-pyrrole nitrogens is 1. The average molecular weight is 470 g/mol. The Bertz CT molecular complexity index is 1570. The van der Waals surface area contributed by atoms with Crippen LogP contribution in [0.4, 0.5) is 10.1 Å². The van der Waals surface area contributed by atoms with Gasteiger partial charge >= 0.3 is 0 Å². The number of carbonyl (C=O) groups is 2. The predicted molar refractivity (Wildman–Crippen MR) is 127 cm³/mol. The van der Waals surface area contributed by atoms with Crippen molar-refractivity contribution < 1.29 is 28.6 Å². The molecule has 0 radical (unpaired) electrons. The molecule has 174 valence electrons. The van der Waals surface area contributed by atoms with E-state index in [1.54, 1.807) is 31.3 Å². The van der Waals surface area contributed by atoms with E-state index in [0.29, 0.717) is 28.3 Å². The van der Waals surface area contributed by atoms with Crippen LogP contribution in [-0.2, 0) is 9.59 Å². The minimum atomic E-state index is -0.933. The van der Waals surface area contributed by atoms with Crippen LogP contribution in [0.15, 0.2) is 72.4 Å². The minimum Gasteiger partial charge on any atom is -0.507 e. The molecule has 1 atom stereocenters. The normalized spacial score (nSPS) is 18.6. The summed E-state index contributed by atoms with van der Waals surface area (Å²) in [6, 6.07) is 15.6. The topological polar surface area (TPSA) is 91.9 Å². The van der Waals surface area contributed by atoms with Gasteiger partial charge in [0.25, 0.3) is 11.7 Å². The summed E-state index contributed by atoms with van der Waals surface area (Å²) in [6.45, 7) is 1.63. The molecule has 0 bridgehead atoms. The first kappa shape index (κ1) is 21.0. The van der Waals surface area contributed by atoms with E-state index >= 15 is 0 Å². The molecule has 0 spiro atoms. The molecule has 6 rings (SSSR count). The molecule has 0 aliphatic carbocycles. The van der Waals surface area contributed by atoms with Crippen LogP contribution in [0, 0.1) is 12.7 Å². The number of rotatable bonds is 3. The number of ether oxygens (including phenoxy) is 2. The van der Waals surface area contributed by atoms with Gasteiger partial charge in [0.05, 0.1) is 11.6 Å². The van der Waals surface area contributed by atoms with Crippen LogP contribution in [0.3, 0.4) is 0 Å². The second-order valence-corrected chi connectivity index (χ2v) is 8.46. The van der Waals surface area contributed by atoms with Crippen molar-refractivity contribution in [1.82, 2.24) is 4.98 Å². The Morgan fingerprint density at radius 3 is 2.69 bits per heavy atom. The van der Waals surface area contributed by atoms with Crippen molar-refractivity contribution in [3.63, 3.8) is 0 Å². The number of ketones is 1. The van der Waals surface area contributed by atoms with E-state index < -0.39 is 23.5 Å². The van der Waals surface area contributed by atoms with E-state index in [1.165, 1.54) is 23.1 Å². The number of aryl methyl sites for hydroxylation is 1. The lowest BCUT2D eigenvalue weighted by molar-refractivity contribution is -0.132. The molecule has 35 heavy (non-hydrogen) atoms. The number of aromatic amines is 1. The molecule has 3 aromatic carbocycles. The number of halogens is 1. The summed E-state index contributed by atoms with van der Waals surface area (Å²) >= 11 is 0. The van der Waals surface area contributed by atoms with Crippen molar-refractivity contribution >= 4 is 34.0 Å². The predicted octanol–water partition coefficient (Wildman–Crippen LogP) is 4.97. The highest BCUT2D eigenvalue weighted by Gasteiger charge is 2.48. The number of aliphatic hydroxyl groups is 1. The van der Waals surface area contributed by atoms with Gasteiger partial charge < -0.3 is 19.6 Å². The van der Waals surface area contributed by atoms with E-state index in [1.807, 2.05) is 24.3 Å². The Morgan fingerprint density at radius 1 is 1.06 bits per heavy atom. The van der Waals surface area contributed by atoms with Gasteiger partial charge in [-0.2, -0.15) is 0 Å². The summed E-state index contributed by atoms with van der Waals surface area (Å²) in [5.41, 5.74) is 2.35. The van der Waals surface area contributed by atoms with Gasteiger partial charge in [0.15, 0.2) is 11.5 Å². The maximum absolute atomic E-state index is 13.9. The van der Waals surface area contributed by atoms with Crippen LogP contribution >= 0.6 is 0 Å². The zero-order valence-electron chi connectivity index (χ0n) is 18.5. The van der Waals surface area contributed by atoms with Crippen LogP contribution in [0.1, 0.15) is 22.7 Å². The zero-order chi connectivity index (χ0) is 24.3. The lowest BCUT2D eigenvalue weighted by atomic mass is 9.94. The number of hydrogen-bond acceptors (Lipinski definition) is 5. The Labute approximate surface area is 199 Å². The van der Waals surface area contributed by atoms with Crippen molar-refractivity contribution in [3.8, 4) is 11.5 Å². The van der Waals surface area contributed by atoms with E-state index in [2.05, 4.69) is 4.98 Å². The Kier molecular flexibility index (Phi) is 4.63. The summed E-state index contributed by atoms with van der Waals surface area (Å²) < 4.78 is 24.7. The summed E-state index contributed by atoms with van der Waals surface area (Å²) in [5, 5.41) is 12.1. The number of aromatic nitrogens is 1. The SMILES string of the molecule is Cc1cc(/C(O)=C2\C(=O)C(=O)N(c3ccc4c(c3)OCO4)C2c2c[nH]c3ccccc23)ccc1F. The fourth-order valence-corrected chi connectivity index (χ4v) is 4.70. The molecule has 1 saturated heterocycles. The van der Waals surface area contributed by atoms with Gasteiger partial charge in [-0.1, -0.05) is 18.2 Å². The summed E-state index contributed by atoms with van der Waals surface area (Å²) in [7, 11) is 0. The van der Waals surface area contributed by atoms with Gasteiger partial charge in [0.2, 0.25) is 6.79 Å². The highest BCUT2D eigenvalue weighted by molar-refractivity contribution is 6.52. The summed E-state index contributed by atoms with van der Waals surface area (Å²) in [4.78, 5) is 31.3. The largest absolute Gasteiger partial charge is 0.507 e. The van der Waals surface area contributed by atoms with Gasteiger partial charge in [0.1, 0.15) is 11.6 Å². The fourth-order valence-electron chi connectivity index (χ4n) is 4.70. The number of benzene rings is 3. The van der Waals surface area contributed by atoms with Crippen LogP contribution in [0.25, 0.3) is 16.7 Å². The first-order valence-corrected chi connectivity index (χ1v) is 11.0. The number of Topliss-reactive ketones (excluding diaryl/α,β-unsaturated/α-hetero) is 1. The lowest BCUT2D eigenvalue weighted by Gasteiger charge is -2.25. The van der Waals surface area contributed by atoms with Crippen molar-refractivity contribution in [2.75, 3.05) is 11.7 Å². The van der Waals surface area contributed by atoms with E-state index in [-0.39, 0.29) is 23.7 Å². The third-order valence-corrected chi connectivity index (χ3v) is 6.43. The number of hydrogen-bond donors (Lipinski definition) is 2. The highest BCUT2D eigenvalue weighted by Crippen LogP contribution is 2.46. The van der Waals surface area contributed by atoms with Gasteiger partial charge in [-0.05, 0) is 48.9 Å². The Morgan fingerprint density at radius 2 is 1.86 bits per heavy atom. The first-order valence-electron chi connectivity index (χ1n) is 11.0. The quantitative estimate of drug-likeness (QED) is 0.251. The van der Waals surface area contributed by atoms with Gasteiger partial charge in [0, 0.05) is 40.0 Å². The minimum absolute atomic E-state index is 0.0629. The first-order chi connectivity index (χ1) is 16.9. The molecular weight excluding hydrogens is 451 g/mol. The number of nitrogens with one attached hydrogen (secondary N) is 1.